The predicted molar refractivity (Wildman–Crippen MR) is 61.9 cm³/mol. The van der Waals surface area contributed by atoms with E-state index in [2.05, 4.69) is 4.40 Å². The van der Waals surface area contributed by atoms with E-state index >= 15 is 0 Å². The molecule has 1 aliphatic rings. The molecule has 0 saturated heterocycles. The van der Waals surface area contributed by atoms with Crippen molar-refractivity contribution < 1.29 is 13.8 Å². The molecule has 0 saturated carbocycles. The van der Waals surface area contributed by atoms with Gasteiger partial charge in [0.25, 0.3) is 0 Å². The van der Waals surface area contributed by atoms with E-state index in [9.17, 15) is 9.11 Å². The molecule has 1 aromatic rings. The normalized spacial score (nSPS) is 20.9. The van der Waals surface area contributed by atoms with Crippen LogP contribution in [0.25, 0.3) is 0 Å². The zero-order valence-corrected chi connectivity index (χ0v) is 9.20. The number of nitrogens with zero attached hydrogens (tertiary/aromatic N) is 1. The Morgan fingerprint density at radius 2 is 1.93 bits per heavy atom. The van der Waals surface area contributed by atoms with Gasteiger partial charge in [0, 0.05) is 6.42 Å². The van der Waals surface area contributed by atoms with Gasteiger partial charge in [0.15, 0.2) is 0 Å². The Kier molecular flexibility index (Phi) is 2.68. The largest absolute Gasteiger partial charge is 0.497 e. The fourth-order valence-corrected chi connectivity index (χ4v) is 2.59. The minimum absolute atomic E-state index is 0.342. The summed E-state index contributed by atoms with van der Waals surface area (Å²) in [5.74, 6) is 1.12. The number of hydrogen-bond acceptors (Lipinski definition) is 4. The summed E-state index contributed by atoms with van der Waals surface area (Å²) >= 11 is 0. The van der Waals surface area contributed by atoms with Crippen LogP contribution in [0, 0.1) is 0 Å². The van der Waals surface area contributed by atoms with Gasteiger partial charge in [0.05, 0.1) is 18.6 Å². The number of hydrogen-bond donors (Lipinski definition) is 2. The van der Waals surface area contributed by atoms with Crippen LogP contribution >= 0.6 is 10.8 Å². The number of methoxy groups -OCH3 is 1. The summed E-state index contributed by atoms with van der Waals surface area (Å²) in [7, 11) is -1.09. The van der Waals surface area contributed by atoms with E-state index < -0.39 is 10.8 Å². The molecule has 1 aliphatic heterocycles. The molecule has 0 bridgehead atoms. The first-order valence-electron chi connectivity index (χ1n) is 4.60. The highest BCUT2D eigenvalue weighted by atomic mass is 32.3. The van der Waals surface area contributed by atoms with Crippen LogP contribution in [0.1, 0.15) is 12.0 Å². The molecule has 4 nitrogen and oxygen atoms in total. The second kappa shape index (κ2) is 3.84. The molecule has 2 N–H and O–H groups in total. The second-order valence-corrected chi connectivity index (χ2v) is 5.21. The number of rotatable bonds is 2. The first-order chi connectivity index (χ1) is 7.11. The average molecular weight is 227 g/mol. The fraction of sp³-hybridized carbons (Fsp3) is 0.300. The van der Waals surface area contributed by atoms with E-state index in [1.54, 1.807) is 7.11 Å². The van der Waals surface area contributed by atoms with Gasteiger partial charge < -0.3 is 4.74 Å². The van der Waals surface area contributed by atoms with Crippen molar-refractivity contribution >= 4 is 16.5 Å². The second-order valence-electron chi connectivity index (χ2n) is 3.35. The maximum absolute atomic E-state index is 9.35. The molecule has 0 radical (unpaired) electrons. The third kappa shape index (κ3) is 2.31. The summed E-state index contributed by atoms with van der Waals surface area (Å²) in [4.78, 5) is 0. The van der Waals surface area contributed by atoms with Crippen LogP contribution in [0.15, 0.2) is 28.7 Å². The molecule has 0 aromatic heterocycles. The summed E-state index contributed by atoms with van der Waals surface area (Å²) in [6, 6.07) is 7.42. The third-order valence-corrected chi connectivity index (χ3v) is 3.56. The zero-order valence-electron chi connectivity index (χ0n) is 8.38. The van der Waals surface area contributed by atoms with Gasteiger partial charge in [0.2, 0.25) is 0 Å². The van der Waals surface area contributed by atoms with Crippen LogP contribution in [-0.4, -0.2) is 27.7 Å². The summed E-state index contributed by atoms with van der Waals surface area (Å²) < 4.78 is 27.7. The minimum Gasteiger partial charge on any atom is -0.497 e. The fourth-order valence-electron chi connectivity index (χ4n) is 1.48. The van der Waals surface area contributed by atoms with Crippen LogP contribution in [0.4, 0.5) is 0 Å². The van der Waals surface area contributed by atoms with Crippen LogP contribution in [0.3, 0.4) is 0 Å². The Balaban J connectivity index is 2.24. The molecule has 0 fully saturated rings. The van der Waals surface area contributed by atoms with Gasteiger partial charge in [-0.1, -0.05) is 10.8 Å². The Morgan fingerprint density at radius 1 is 1.27 bits per heavy atom. The van der Waals surface area contributed by atoms with Crippen LogP contribution in [0.5, 0.6) is 5.75 Å². The minimum atomic E-state index is -2.70. The Morgan fingerprint density at radius 3 is 2.40 bits per heavy atom. The highest BCUT2D eigenvalue weighted by molar-refractivity contribution is 8.23. The highest BCUT2D eigenvalue weighted by Gasteiger charge is 2.21. The van der Waals surface area contributed by atoms with Crippen molar-refractivity contribution in [2.45, 2.75) is 6.42 Å². The van der Waals surface area contributed by atoms with Crippen molar-refractivity contribution in [1.29, 1.82) is 0 Å². The molecule has 1 heterocycles. The highest BCUT2D eigenvalue weighted by Crippen LogP contribution is 2.46. The molecular formula is C10H13NO3S. The SMILES string of the molecule is COc1ccc(C2=NS(O)(O)CC2)cc1. The standard InChI is InChI=1S/C10H13NO3S/c1-14-9-4-2-8(3-5-9)10-6-7-15(12,13)11-10/h2-5,12-13H,6-7H2,1H3. The van der Waals surface area contributed by atoms with Gasteiger partial charge in [-0.3, -0.25) is 9.11 Å². The smallest absolute Gasteiger partial charge is 0.118 e. The van der Waals surface area contributed by atoms with Crippen LogP contribution < -0.4 is 4.74 Å². The molecule has 0 unspecified atom stereocenters. The summed E-state index contributed by atoms with van der Waals surface area (Å²) in [5, 5.41) is 0. The van der Waals surface area contributed by atoms with E-state index in [0.29, 0.717) is 12.2 Å². The maximum Gasteiger partial charge on any atom is 0.118 e. The first-order valence-corrected chi connectivity index (χ1v) is 6.27. The molecule has 0 atom stereocenters. The van der Waals surface area contributed by atoms with E-state index in [4.69, 9.17) is 4.74 Å². The third-order valence-electron chi connectivity index (χ3n) is 2.29. The molecule has 15 heavy (non-hydrogen) atoms. The maximum atomic E-state index is 9.35. The van der Waals surface area contributed by atoms with Crippen LogP contribution in [0.2, 0.25) is 0 Å². The van der Waals surface area contributed by atoms with E-state index in [1.807, 2.05) is 24.3 Å². The van der Waals surface area contributed by atoms with Crippen molar-refractivity contribution in [2.75, 3.05) is 12.9 Å². The topological polar surface area (TPSA) is 62.0 Å². The molecule has 1 aromatic carbocycles. The monoisotopic (exact) mass is 227 g/mol. The zero-order chi connectivity index (χ0) is 10.9. The lowest BCUT2D eigenvalue weighted by Gasteiger charge is -2.20. The Bertz CT molecular complexity index is 386. The van der Waals surface area contributed by atoms with Crippen molar-refractivity contribution in [3.05, 3.63) is 29.8 Å². The predicted octanol–water partition coefficient (Wildman–Crippen LogP) is 2.55. The van der Waals surface area contributed by atoms with Gasteiger partial charge in [-0.25, -0.2) is 0 Å². The van der Waals surface area contributed by atoms with Gasteiger partial charge in [-0.15, -0.1) is 0 Å². The van der Waals surface area contributed by atoms with Crippen molar-refractivity contribution in [2.24, 2.45) is 4.40 Å². The average Bonchev–Trinajstić information content (AvgIpc) is 2.59. The Hall–Kier alpha value is -1.04. The summed E-state index contributed by atoms with van der Waals surface area (Å²) in [6.07, 6.45) is 0.620. The number of benzene rings is 1. The number of ether oxygens (including phenoxy) is 1. The molecule has 82 valence electrons. The quantitative estimate of drug-likeness (QED) is 0.816. The van der Waals surface area contributed by atoms with Crippen molar-refractivity contribution in [1.82, 2.24) is 0 Å². The molecule has 2 rings (SSSR count). The van der Waals surface area contributed by atoms with E-state index in [0.717, 1.165) is 17.0 Å². The lowest BCUT2D eigenvalue weighted by atomic mass is 10.1. The van der Waals surface area contributed by atoms with Gasteiger partial charge in [-0.05, 0) is 29.8 Å². The van der Waals surface area contributed by atoms with E-state index in [-0.39, 0.29) is 0 Å². The summed E-state index contributed by atoms with van der Waals surface area (Å²) in [6.45, 7) is 0. The summed E-state index contributed by atoms with van der Waals surface area (Å²) in [5.41, 5.74) is 1.69. The lowest BCUT2D eigenvalue weighted by Crippen LogP contribution is -1.96. The van der Waals surface area contributed by atoms with Crippen molar-refractivity contribution in [3.63, 3.8) is 0 Å². The molecular weight excluding hydrogens is 214 g/mol. The van der Waals surface area contributed by atoms with E-state index in [1.165, 1.54) is 0 Å². The Labute approximate surface area is 90.1 Å². The van der Waals surface area contributed by atoms with Crippen LogP contribution in [-0.2, 0) is 0 Å². The molecule has 0 spiro atoms. The first kappa shape index (κ1) is 10.5. The molecule has 0 aliphatic carbocycles. The van der Waals surface area contributed by atoms with Gasteiger partial charge in [0.1, 0.15) is 5.75 Å². The van der Waals surface area contributed by atoms with Gasteiger partial charge in [-0.2, -0.15) is 4.40 Å². The molecule has 5 heteroatoms. The van der Waals surface area contributed by atoms with Gasteiger partial charge >= 0.3 is 0 Å². The lowest BCUT2D eigenvalue weighted by molar-refractivity contribution is 0.415. The molecule has 0 amide bonds. The van der Waals surface area contributed by atoms with Crippen molar-refractivity contribution in [3.8, 4) is 5.75 Å².